The molecule has 0 saturated heterocycles. The van der Waals surface area contributed by atoms with Crippen LogP contribution in [-0.2, 0) is 6.18 Å². The fraction of sp³-hybridized carbons (Fsp3) is 0.500. The summed E-state index contributed by atoms with van der Waals surface area (Å²) in [6, 6.07) is 3.12. The highest BCUT2D eigenvalue weighted by atomic mass is 19.4. The van der Waals surface area contributed by atoms with E-state index >= 15 is 0 Å². The summed E-state index contributed by atoms with van der Waals surface area (Å²) in [4.78, 5) is 12.1. The normalized spacial score (nSPS) is 16.6. The van der Waals surface area contributed by atoms with Crippen LogP contribution in [-0.4, -0.2) is 19.5 Å². The van der Waals surface area contributed by atoms with Crippen molar-refractivity contribution in [2.24, 2.45) is 5.41 Å². The van der Waals surface area contributed by atoms with E-state index in [2.05, 4.69) is 10.6 Å². The van der Waals surface area contributed by atoms with Gasteiger partial charge in [-0.3, -0.25) is 4.79 Å². The number of hydrogen-bond donors (Lipinski definition) is 2. The lowest BCUT2D eigenvalue weighted by molar-refractivity contribution is -0.137. The first-order valence-corrected chi connectivity index (χ1v) is 6.42. The molecule has 0 aliphatic heterocycles. The number of nitrogens with one attached hydrogen (secondary N) is 2. The van der Waals surface area contributed by atoms with Crippen LogP contribution < -0.4 is 10.6 Å². The third-order valence-corrected chi connectivity index (χ3v) is 3.64. The maximum atomic E-state index is 12.7. The third kappa shape index (κ3) is 3.23. The number of amides is 1. The summed E-state index contributed by atoms with van der Waals surface area (Å²) < 4.78 is 38.1. The van der Waals surface area contributed by atoms with Crippen LogP contribution >= 0.6 is 0 Å². The number of benzene rings is 1. The molecule has 0 bridgehead atoms. The van der Waals surface area contributed by atoms with Gasteiger partial charge >= 0.3 is 6.18 Å². The molecule has 110 valence electrons. The fourth-order valence-electron chi connectivity index (χ4n) is 1.91. The number of hydrogen-bond acceptors (Lipinski definition) is 2. The van der Waals surface area contributed by atoms with Gasteiger partial charge in [-0.05, 0) is 36.5 Å². The van der Waals surface area contributed by atoms with E-state index in [4.69, 9.17) is 0 Å². The summed E-state index contributed by atoms with van der Waals surface area (Å²) in [7, 11) is 1.57. The molecule has 1 aliphatic rings. The van der Waals surface area contributed by atoms with E-state index in [0.717, 1.165) is 25.0 Å². The van der Waals surface area contributed by atoms with E-state index in [0.29, 0.717) is 12.2 Å². The summed E-state index contributed by atoms with van der Waals surface area (Å²) in [6.45, 7) is 2.53. The molecule has 0 aromatic heterocycles. The highest BCUT2D eigenvalue weighted by Crippen LogP contribution is 2.44. The molecule has 1 fully saturated rings. The molecule has 0 atom stereocenters. The monoisotopic (exact) mass is 286 g/mol. The average molecular weight is 286 g/mol. The van der Waals surface area contributed by atoms with Gasteiger partial charge in [0.05, 0.1) is 11.1 Å². The fourth-order valence-corrected chi connectivity index (χ4v) is 1.91. The largest absolute Gasteiger partial charge is 0.416 e. The zero-order chi connectivity index (χ0) is 15.0. The van der Waals surface area contributed by atoms with Crippen LogP contribution in [0, 0.1) is 5.41 Å². The topological polar surface area (TPSA) is 41.1 Å². The standard InChI is InChI=1S/C14H17F3N2O/c1-13(5-6-13)8-19-12(20)10-7-9(14(15,16)17)3-4-11(10)18-2/h3-4,7,18H,5-6,8H2,1-2H3,(H,19,20). The van der Waals surface area contributed by atoms with Crippen molar-refractivity contribution >= 4 is 11.6 Å². The number of anilines is 1. The second kappa shape index (κ2) is 5.00. The molecule has 3 nitrogen and oxygen atoms in total. The Bertz CT molecular complexity index is 522. The quantitative estimate of drug-likeness (QED) is 0.892. The summed E-state index contributed by atoms with van der Waals surface area (Å²) in [5.74, 6) is -0.478. The van der Waals surface area contributed by atoms with E-state index in [1.807, 2.05) is 6.92 Å². The van der Waals surface area contributed by atoms with Gasteiger partial charge in [0.15, 0.2) is 0 Å². The molecule has 1 aliphatic carbocycles. The Hall–Kier alpha value is -1.72. The summed E-state index contributed by atoms with van der Waals surface area (Å²) in [5, 5.41) is 5.45. The van der Waals surface area contributed by atoms with Crippen LogP contribution in [0.1, 0.15) is 35.7 Å². The van der Waals surface area contributed by atoms with Gasteiger partial charge in [-0.15, -0.1) is 0 Å². The minimum Gasteiger partial charge on any atom is -0.387 e. The average Bonchev–Trinajstić information content (AvgIpc) is 3.12. The van der Waals surface area contributed by atoms with Gasteiger partial charge in [-0.1, -0.05) is 6.92 Å². The molecule has 0 heterocycles. The summed E-state index contributed by atoms with van der Waals surface area (Å²) in [5.41, 5.74) is -0.306. The maximum absolute atomic E-state index is 12.7. The zero-order valence-electron chi connectivity index (χ0n) is 11.4. The van der Waals surface area contributed by atoms with Gasteiger partial charge < -0.3 is 10.6 Å². The van der Waals surface area contributed by atoms with E-state index in [1.54, 1.807) is 7.05 Å². The Morgan fingerprint density at radius 3 is 2.50 bits per heavy atom. The molecule has 2 N–H and O–H groups in total. The van der Waals surface area contributed by atoms with Gasteiger partial charge in [-0.25, -0.2) is 0 Å². The van der Waals surface area contributed by atoms with Crippen molar-refractivity contribution in [2.75, 3.05) is 18.9 Å². The highest BCUT2D eigenvalue weighted by molar-refractivity contribution is 5.99. The molecule has 6 heteroatoms. The van der Waals surface area contributed by atoms with E-state index in [1.165, 1.54) is 6.07 Å². The van der Waals surface area contributed by atoms with Crippen LogP contribution in [0.3, 0.4) is 0 Å². The number of rotatable bonds is 4. The molecule has 0 unspecified atom stereocenters. The lowest BCUT2D eigenvalue weighted by Crippen LogP contribution is -2.29. The van der Waals surface area contributed by atoms with Gasteiger partial charge in [0, 0.05) is 19.3 Å². The first-order valence-electron chi connectivity index (χ1n) is 6.42. The molecule has 0 spiro atoms. The molecular weight excluding hydrogens is 269 g/mol. The zero-order valence-corrected chi connectivity index (χ0v) is 11.4. The Labute approximate surface area is 115 Å². The highest BCUT2D eigenvalue weighted by Gasteiger charge is 2.37. The van der Waals surface area contributed by atoms with Crippen molar-refractivity contribution in [3.05, 3.63) is 29.3 Å². The predicted molar refractivity (Wildman–Crippen MR) is 70.7 cm³/mol. The van der Waals surface area contributed by atoms with Crippen molar-refractivity contribution in [2.45, 2.75) is 25.9 Å². The van der Waals surface area contributed by atoms with Crippen molar-refractivity contribution < 1.29 is 18.0 Å². The van der Waals surface area contributed by atoms with E-state index in [-0.39, 0.29) is 11.0 Å². The molecule has 1 aromatic rings. The van der Waals surface area contributed by atoms with Crippen molar-refractivity contribution in [1.29, 1.82) is 0 Å². The minimum atomic E-state index is -4.45. The molecular formula is C14H17F3N2O. The number of carbonyl (C=O) groups is 1. The molecule has 0 radical (unpaired) electrons. The van der Waals surface area contributed by atoms with E-state index < -0.39 is 17.6 Å². The van der Waals surface area contributed by atoms with Crippen LogP contribution in [0.2, 0.25) is 0 Å². The lowest BCUT2D eigenvalue weighted by atomic mass is 10.1. The first kappa shape index (κ1) is 14.7. The van der Waals surface area contributed by atoms with Crippen molar-refractivity contribution in [1.82, 2.24) is 5.32 Å². The summed E-state index contributed by atoms with van der Waals surface area (Å²) >= 11 is 0. The molecule has 1 amide bonds. The Kier molecular flexibility index (Phi) is 3.67. The van der Waals surface area contributed by atoms with E-state index in [9.17, 15) is 18.0 Å². The Morgan fingerprint density at radius 2 is 2.00 bits per heavy atom. The van der Waals surface area contributed by atoms with Gasteiger partial charge in [0.1, 0.15) is 0 Å². The molecule has 2 rings (SSSR count). The Morgan fingerprint density at radius 1 is 1.35 bits per heavy atom. The molecule has 1 aromatic carbocycles. The first-order chi connectivity index (χ1) is 9.25. The van der Waals surface area contributed by atoms with Crippen LogP contribution in [0.4, 0.5) is 18.9 Å². The molecule has 20 heavy (non-hydrogen) atoms. The van der Waals surface area contributed by atoms with Crippen molar-refractivity contribution in [3.8, 4) is 0 Å². The molecule has 1 saturated carbocycles. The third-order valence-electron chi connectivity index (χ3n) is 3.64. The van der Waals surface area contributed by atoms with Gasteiger partial charge in [0.25, 0.3) is 5.91 Å². The summed E-state index contributed by atoms with van der Waals surface area (Å²) in [6.07, 6.45) is -2.38. The number of halogens is 3. The van der Waals surface area contributed by atoms with Gasteiger partial charge in [-0.2, -0.15) is 13.2 Å². The maximum Gasteiger partial charge on any atom is 0.416 e. The number of alkyl halides is 3. The second-order valence-electron chi connectivity index (χ2n) is 5.50. The Balaban J connectivity index is 2.21. The second-order valence-corrected chi connectivity index (χ2v) is 5.50. The minimum absolute atomic E-state index is 0.0200. The van der Waals surface area contributed by atoms with Gasteiger partial charge in [0.2, 0.25) is 0 Å². The van der Waals surface area contributed by atoms with Crippen LogP contribution in [0.5, 0.6) is 0 Å². The van der Waals surface area contributed by atoms with Crippen LogP contribution in [0.25, 0.3) is 0 Å². The predicted octanol–water partition coefficient (Wildman–Crippen LogP) is 3.28. The SMILES string of the molecule is CNc1ccc(C(F)(F)F)cc1C(=O)NCC1(C)CC1. The lowest BCUT2D eigenvalue weighted by Gasteiger charge is -2.15. The number of carbonyl (C=O) groups excluding carboxylic acids is 1. The van der Waals surface area contributed by atoms with Crippen molar-refractivity contribution in [3.63, 3.8) is 0 Å². The van der Waals surface area contributed by atoms with Crippen LogP contribution in [0.15, 0.2) is 18.2 Å². The smallest absolute Gasteiger partial charge is 0.387 e.